The van der Waals surface area contributed by atoms with E-state index in [1.807, 2.05) is 6.07 Å². The topological polar surface area (TPSA) is 57.8 Å². The monoisotopic (exact) mass is 235 g/mol. The molecule has 2 rings (SSSR count). The molecular weight excluding hydrogens is 226 g/mol. The molecule has 0 atom stereocenters. The van der Waals surface area contributed by atoms with Crippen molar-refractivity contribution in [1.82, 2.24) is 10.2 Å². The highest BCUT2D eigenvalue weighted by atomic mass is 35.5. The summed E-state index contributed by atoms with van der Waals surface area (Å²) in [7, 11) is 0. The van der Waals surface area contributed by atoms with Crippen molar-refractivity contribution in [2.24, 2.45) is 0 Å². The van der Waals surface area contributed by atoms with Crippen LogP contribution in [0, 0.1) is 0 Å². The summed E-state index contributed by atoms with van der Waals surface area (Å²) in [4.78, 5) is 11.3. The molecule has 0 aliphatic heterocycles. The molecule has 0 fully saturated rings. The molecule has 2 N–H and O–H groups in total. The predicted octanol–water partition coefficient (Wildman–Crippen LogP) is 2.73. The van der Waals surface area contributed by atoms with Crippen molar-refractivity contribution >= 4 is 34.2 Å². The van der Waals surface area contributed by atoms with Crippen LogP contribution in [-0.2, 0) is 4.79 Å². The zero-order chi connectivity index (χ0) is 11.5. The number of halogens is 1. The van der Waals surface area contributed by atoms with Gasteiger partial charge < -0.3 is 5.32 Å². The molecule has 1 aromatic carbocycles. The normalized spacial score (nSPS) is 11.1. The van der Waals surface area contributed by atoms with E-state index in [4.69, 9.17) is 11.6 Å². The number of amides is 1. The molecule has 2 aromatic rings. The molecule has 0 aliphatic carbocycles. The summed E-state index contributed by atoms with van der Waals surface area (Å²) in [6.45, 7) is 1.78. The fraction of sp³-hybridized carbons (Fsp3) is 0.0909. The van der Waals surface area contributed by atoms with Crippen LogP contribution in [0.4, 0.5) is 5.82 Å². The van der Waals surface area contributed by atoms with Crippen LogP contribution in [0.25, 0.3) is 10.9 Å². The Morgan fingerprint density at radius 2 is 2.38 bits per heavy atom. The minimum absolute atomic E-state index is 0.203. The van der Waals surface area contributed by atoms with Gasteiger partial charge in [0.2, 0.25) is 5.91 Å². The summed E-state index contributed by atoms with van der Waals surface area (Å²) in [6.07, 6.45) is 3.11. The number of carbonyl (C=O) groups excluding carboxylic acids is 1. The lowest BCUT2D eigenvalue weighted by molar-refractivity contribution is -0.111. The van der Waals surface area contributed by atoms with Crippen molar-refractivity contribution in [3.63, 3.8) is 0 Å². The number of carbonyl (C=O) groups is 1. The molecule has 82 valence electrons. The van der Waals surface area contributed by atoms with Crippen LogP contribution in [0.5, 0.6) is 0 Å². The Bertz CT molecular complexity index is 559. The number of benzene rings is 1. The second-order valence-electron chi connectivity index (χ2n) is 3.25. The third kappa shape index (κ3) is 2.06. The number of fused-ring (bicyclic) bond motifs is 1. The van der Waals surface area contributed by atoms with Crippen molar-refractivity contribution in [3.8, 4) is 0 Å². The molecule has 16 heavy (non-hydrogen) atoms. The average molecular weight is 236 g/mol. The Morgan fingerprint density at radius 3 is 3.12 bits per heavy atom. The van der Waals surface area contributed by atoms with Gasteiger partial charge in [-0.05, 0) is 31.2 Å². The van der Waals surface area contributed by atoms with Gasteiger partial charge in [0.1, 0.15) is 0 Å². The van der Waals surface area contributed by atoms with E-state index in [0.717, 1.165) is 10.9 Å². The number of H-pyrrole nitrogens is 1. The molecule has 0 saturated heterocycles. The number of hydrogen-bond donors (Lipinski definition) is 2. The minimum Gasteiger partial charge on any atom is -0.305 e. The first kappa shape index (κ1) is 10.7. The minimum atomic E-state index is -0.203. The Balaban J connectivity index is 2.35. The fourth-order valence-electron chi connectivity index (χ4n) is 1.40. The molecule has 4 nitrogen and oxygen atoms in total. The van der Waals surface area contributed by atoms with Gasteiger partial charge in [0.25, 0.3) is 0 Å². The molecular formula is C11H10ClN3O. The van der Waals surface area contributed by atoms with E-state index in [-0.39, 0.29) is 5.91 Å². The number of aromatic amines is 1. The molecule has 1 amide bonds. The van der Waals surface area contributed by atoms with Gasteiger partial charge in [0, 0.05) is 10.4 Å². The maximum Gasteiger partial charge on any atom is 0.249 e. The molecule has 0 unspecified atom stereocenters. The largest absolute Gasteiger partial charge is 0.305 e. The summed E-state index contributed by atoms with van der Waals surface area (Å²) >= 11 is 5.84. The summed E-state index contributed by atoms with van der Waals surface area (Å²) in [5.74, 6) is 0.306. The summed E-state index contributed by atoms with van der Waals surface area (Å²) in [6, 6.07) is 5.33. The van der Waals surface area contributed by atoms with Crippen LogP contribution in [0.2, 0.25) is 5.02 Å². The van der Waals surface area contributed by atoms with Crippen LogP contribution in [0.1, 0.15) is 6.92 Å². The van der Waals surface area contributed by atoms with Gasteiger partial charge in [-0.15, -0.1) is 0 Å². The van der Waals surface area contributed by atoms with Crippen molar-refractivity contribution in [1.29, 1.82) is 0 Å². The van der Waals surface area contributed by atoms with E-state index < -0.39 is 0 Å². The van der Waals surface area contributed by atoms with E-state index in [1.54, 1.807) is 25.1 Å². The van der Waals surface area contributed by atoms with Gasteiger partial charge in [-0.3, -0.25) is 9.89 Å². The molecule has 1 aromatic heterocycles. The third-order valence-electron chi connectivity index (χ3n) is 2.08. The second-order valence-corrected chi connectivity index (χ2v) is 3.69. The molecule has 0 aliphatic rings. The van der Waals surface area contributed by atoms with Gasteiger partial charge in [-0.2, -0.15) is 5.10 Å². The second kappa shape index (κ2) is 4.37. The van der Waals surface area contributed by atoms with Gasteiger partial charge in [0.15, 0.2) is 5.82 Å². The van der Waals surface area contributed by atoms with Gasteiger partial charge in [-0.1, -0.05) is 17.7 Å². The highest BCUT2D eigenvalue weighted by Gasteiger charge is 2.07. The number of allylic oxidation sites excluding steroid dienone is 1. The molecule has 0 radical (unpaired) electrons. The number of aromatic nitrogens is 2. The number of hydrogen-bond acceptors (Lipinski definition) is 2. The first-order valence-corrected chi connectivity index (χ1v) is 5.16. The zero-order valence-electron chi connectivity index (χ0n) is 8.62. The zero-order valence-corrected chi connectivity index (χ0v) is 9.38. The average Bonchev–Trinajstić information content (AvgIpc) is 2.61. The van der Waals surface area contributed by atoms with E-state index in [9.17, 15) is 4.79 Å². The molecule has 0 spiro atoms. The van der Waals surface area contributed by atoms with Crippen molar-refractivity contribution in [3.05, 3.63) is 35.4 Å². The lowest BCUT2D eigenvalue weighted by Crippen LogP contribution is -2.08. The van der Waals surface area contributed by atoms with Gasteiger partial charge in [-0.25, -0.2) is 0 Å². The highest BCUT2D eigenvalue weighted by molar-refractivity contribution is 6.31. The maximum atomic E-state index is 11.3. The van der Waals surface area contributed by atoms with E-state index in [0.29, 0.717) is 10.8 Å². The van der Waals surface area contributed by atoms with E-state index in [2.05, 4.69) is 15.5 Å². The Kier molecular flexibility index (Phi) is 2.92. The molecule has 0 bridgehead atoms. The van der Waals surface area contributed by atoms with Crippen LogP contribution >= 0.6 is 11.6 Å². The molecule has 0 saturated carbocycles. The number of nitrogens with zero attached hydrogens (tertiary/aromatic N) is 1. The fourth-order valence-corrected chi connectivity index (χ4v) is 1.57. The Labute approximate surface area is 97.3 Å². The van der Waals surface area contributed by atoms with Crippen LogP contribution in [0.15, 0.2) is 30.4 Å². The first-order valence-electron chi connectivity index (χ1n) is 4.78. The smallest absolute Gasteiger partial charge is 0.249 e. The van der Waals surface area contributed by atoms with Crippen molar-refractivity contribution < 1.29 is 4.79 Å². The highest BCUT2D eigenvalue weighted by Crippen LogP contribution is 2.23. The van der Waals surface area contributed by atoms with E-state index >= 15 is 0 Å². The van der Waals surface area contributed by atoms with Crippen molar-refractivity contribution in [2.45, 2.75) is 6.92 Å². The first-order chi connectivity index (χ1) is 7.70. The van der Waals surface area contributed by atoms with Crippen molar-refractivity contribution in [2.75, 3.05) is 5.32 Å². The molecule has 5 heteroatoms. The predicted molar refractivity (Wildman–Crippen MR) is 64.5 cm³/mol. The quantitative estimate of drug-likeness (QED) is 0.787. The van der Waals surface area contributed by atoms with Gasteiger partial charge >= 0.3 is 0 Å². The third-order valence-corrected chi connectivity index (χ3v) is 2.32. The Hall–Kier alpha value is -1.81. The maximum absolute atomic E-state index is 11.3. The SMILES string of the molecule is C/C=C/C(=O)Nc1n[nH]c2cc(Cl)ccc12. The summed E-state index contributed by atoms with van der Waals surface area (Å²) < 4.78 is 0. The lowest BCUT2D eigenvalue weighted by atomic mass is 10.2. The van der Waals surface area contributed by atoms with Crippen LogP contribution in [0.3, 0.4) is 0 Å². The number of rotatable bonds is 2. The standard InChI is InChI=1S/C11H10ClN3O/c1-2-3-10(16)13-11-8-5-4-7(12)6-9(8)14-15-11/h2-6H,1H3,(H2,13,14,15,16)/b3-2+. The summed E-state index contributed by atoms with van der Waals surface area (Å²) in [5, 5.41) is 10.9. The van der Waals surface area contributed by atoms with Crippen LogP contribution in [-0.4, -0.2) is 16.1 Å². The number of anilines is 1. The van der Waals surface area contributed by atoms with Gasteiger partial charge in [0.05, 0.1) is 5.52 Å². The Morgan fingerprint density at radius 1 is 1.56 bits per heavy atom. The van der Waals surface area contributed by atoms with Crippen LogP contribution < -0.4 is 5.32 Å². The lowest BCUT2D eigenvalue weighted by Gasteiger charge is -1.97. The van der Waals surface area contributed by atoms with E-state index in [1.165, 1.54) is 6.08 Å². The number of nitrogens with one attached hydrogen (secondary N) is 2. The molecule has 1 heterocycles. The summed E-state index contributed by atoms with van der Waals surface area (Å²) in [5.41, 5.74) is 0.795.